The van der Waals surface area contributed by atoms with Crippen LogP contribution in [0.25, 0.3) is 0 Å². The molecule has 0 atom stereocenters. The number of anilines is 2. The van der Waals surface area contributed by atoms with Crippen LogP contribution in [-0.4, -0.2) is 43.6 Å². The molecule has 1 fully saturated rings. The maximum Gasteiger partial charge on any atom is 0.325 e. The van der Waals surface area contributed by atoms with Crippen LogP contribution in [-0.2, 0) is 4.79 Å². The lowest BCUT2D eigenvalue weighted by atomic mass is 10.0. The smallest absolute Gasteiger partial charge is 0.325 e. The van der Waals surface area contributed by atoms with E-state index < -0.39 is 0 Å². The van der Waals surface area contributed by atoms with Crippen LogP contribution in [0.3, 0.4) is 0 Å². The highest BCUT2D eigenvalue weighted by Crippen LogP contribution is 2.30. The van der Waals surface area contributed by atoms with Gasteiger partial charge < -0.3 is 15.0 Å². The molecule has 2 aromatic rings. The molecule has 0 aromatic heterocycles. The summed E-state index contributed by atoms with van der Waals surface area (Å²) in [7, 11) is 1.58. The molecule has 142 valence electrons. The zero-order chi connectivity index (χ0) is 19.4. The summed E-state index contributed by atoms with van der Waals surface area (Å²) >= 11 is 0. The van der Waals surface area contributed by atoms with Gasteiger partial charge in [-0.1, -0.05) is 44.2 Å². The Kier molecular flexibility index (Phi) is 5.64. The van der Waals surface area contributed by atoms with Crippen molar-refractivity contribution >= 4 is 23.3 Å². The van der Waals surface area contributed by atoms with Crippen molar-refractivity contribution in [3.8, 4) is 5.75 Å². The minimum atomic E-state index is -0.196. The summed E-state index contributed by atoms with van der Waals surface area (Å²) in [4.78, 5) is 28.5. The van der Waals surface area contributed by atoms with Gasteiger partial charge in [0, 0.05) is 18.8 Å². The monoisotopic (exact) mass is 367 g/mol. The lowest BCUT2D eigenvalue weighted by Crippen LogP contribution is -2.37. The zero-order valence-corrected chi connectivity index (χ0v) is 15.9. The molecule has 0 unspecified atom stereocenters. The van der Waals surface area contributed by atoms with Gasteiger partial charge in [-0.2, -0.15) is 0 Å². The molecule has 1 heterocycles. The molecule has 6 nitrogen and oxygen atoms in total. The summed E-state index contributed by atoms with van der Waals surface area (Å²) < 4.78 is 5.35. The molecule has 3 amide bonds. The van der Waals surface area contributed by atoms with Crippen LogP contribution in [0.2, 0.25) is 0 Å². The van der Waals surface area contributed by atoms with Crippen molar-refractivity contribution in [2.45, 2.75) is 19.8 Å². The van der Waals surface area contributed by atoms with Gasteiger partial charge >= 0.3 is 6.03 Å². The SMILES string of the molecule is COc1ccccc1N1CCN(CC(=O)Nc2ccccc2C(C)C)C1=O. The van der Waals surface area contributed by atoms with Gasteiger partial charge in [-0.25, -0.2) is 4.79 Å². The van der Waals surface area contributed by atoms with E-state index in [1.54, 1.807) is 16.9 Å². The average Bonchev–Trinajstić information content (AvgIpc) is 3.02. The van der Waals surface area contributed by atoms with Crippen molar-refractivity contribution in [1.29, 1.82) is 0 Å². The second-order valence-electron chi connectivity index (χ2n) is 6.82. The van der Waals surface area contributed by atoms with Crippen LogP contribution in [0, 0.1) is 0 Å². The third kappa shape index (κ3) is 4.05. The van der Waals surface area contributed by atoms with E-state index in [9.17, 15) is 9.59 Å². The Morgan fingerprint density at radius 3 is 2.56 bits per heavy atom. The molecule has 2 aromatic carbocycles. The molecule has 1 aliphatic heterocycles. The normalized spacial score (nSPS) is 14.0. The van der Waals surface area contributed by atoms with Crippen molar-refractivity contribution in [2.24, 2.45) is 0 Å². The first-order valence-corrected chi connectivity index (χ1v) is 9.09. The van der Waals surface area contributed by atoms with Crippen LogP contribution >= 0.6 is 0 Å². The minimum absolute atomic E-state index is 0.0247. The maximum atomic E-state index is 12.8. The Morgan fingerprint density at radius 1 is 1.11 bits per heavy atom. The van der Waals surface area contributed by atoms with Crippen molar-refractivity contribution < 1.29 is 14.3 Å². The van der Waals surface area contributed by atoms with Crippen molar-refractivity contribution in [3.63, 3.8) is 0 Å². The van der Waals surface area contributed by atoms with E-state index in [1.165, 1.54) is 0 Å². The first-order chi connectivity index (χ1) is 13.0. The summed E-state index contributed by atoms with van der Waals surface area (Å²) in [5, 5.41) is 2.94. The fourth-order valence-electron chi connectivity index (χ4n) is 3.28. The number of hydrogen-bond donors (Lipinski definition) is 1. The van der Waals surface area contributed by atoms with Crippen molar-refractivity contribution in [3.05, 3.63) is 54.1 Å². The van der Waals surface area contributed by atoms with Gasteiger partial charge in [0.1, 0.15) is 12.3 Å². The number of nitrogens with zero attached hydrogens (tertiary/aromatic N) is 2. The predicted octanol–water partition coefficient (Wildman–Crippen LogP) is 3.70. The Balaban J connectivity index is 1.67. The zero-order valence-electron chi connectivity index (χ0n) is 15.9. The Hall–Kier alpha value is -3.02. The average molecular weight is 367 g/mol. The molecule has 0 bridgehead atoms. The third-order valence-electron chi connectivity index (χ3n) is 4.66. The quantitative estimate of drug-likeness (QED) is 0.847. The predicted molar refractivity (Wildman–Crippen MR) is 106 cm³/mol. The molecule has 0 radical (unpaired) electrons. The number of carbonyl (C=O) groups excluding carboxylic acids is 2. The number of carbonyl (C=O) groups is 2. The molecule has 0 spiro atoms. The second kappa shape index (κ2) is 8.12. The largest absolute Gasteiger partial charge is 0.495 e. The molecule has 1 N–H and O–H groups in total. The van der Waals surface area contributed by atoms with E-state index >= 15 is 0 Å². The Bertz CT molecular complexity index is 835. The van der Waals surface area contributed by atoms with Crippen LogP contribution < -0.4 is 15.0 Å². The molecular weight excluding hydrogens is 342 g/mol. The van der Waals surface area contributed by atoms with Gasteiger partial charge in [0.2, 0.25) is 5.91 Å². The number of nitrogens with one attached hydrogen (secondary N) is 1. The van der Waals surface area contributed by atoms with Gasteiger partial charge in [0.05, 0.1) is 12.8 Å². The Labute approximate surface area is 159 Å². The van der Waals surface area contributed by atoms with E-state index in [4.69, 9.17) is 4.74 Å². The third-order valence-corrected chi connectivity index (χ3v) is 4.66. The van der Waals surface area contributed by atoms with Gasteiger partial charge in [0.15, 0.2) is 0 Å². The van der Waals surface area contributed by atoms with Gasteiger partial charge in [-0.15, -0.1) is 0 Å². The molecule has 0 aliphatic carbocycles. The van der Waals surface area contributed by atoms with Crippen molar-refractivity contribution in [1.82, 2.24) is 4.90 Å². The number of urea groups is 1. The van der Waals surface area contributed by atoms with Crippen LogP contribution in [0.4, 0.5) is 16.2 Å². The molecule has 1 aliphatic rings. The highest BCUT2D eigenvalue weighted by Gasteiger charge is 2.32. The first-order valence-electron chi connectivity index (χ1n) is 9.09. The van der Waals surface area contributed by atoms with E-state index in [0.717, 1.165) is 16.9 Å². The lowest BCUT2D eigenvalue weighted by molar-refractivity contribution is -0.116. The van der Waals surface area contributed by atoms with E-state index in [1.807, 2.05) is 48.5 Å². The summed E-state index contributed by atoms with van der Waals surface area (Å²) in [6, 6.07) is 15.0. The lowest BCUT2D eigenvalue weighted by Gasteiger charge is -2.20. The Morgan fingerprint density at radius 2 is 1.81 bits per heavy atom. The van der Waals surface area contributed by atoms with Crippen LogP contribution in [0.5, 0.6) is 5.75 Å². The molecule has 3 rings (SSSR count). The molecule has 27 heavy (non-hydrogen) atoms. The van der Waals surface area contributed by atoms with Gasteiger partial charge in [-0.05, 0) is 29.7 Å². The molecule has 0 saturated carbocycles. The number of amides is 3. The molecule has 6 heteroatoms. The first kappa shape index (κ1) is 18.8. The number of rotatable bonds is 6. The highest BCUT2D eigenvalue weighted by molar-refractivity contribution is 6.00. The number of benzene rings is 2. The molecule has 1 saturated heterocycles. The standard InChI is InChI=1S/C21H25N3O3/c1-15(2)16-8-4-5-9-17(16)22-20(25)14-23-12-13-24(21(23)26)18-10-6-7-11-19(18)27-3/h4-11,15H,12-14H2,1-3H3,(H,22,25). The van der Waals surface area contributed by atoms with Crippen molar-refractivity contribution in [2.75, 3.05) is 37.0 Å². The topological polar surface area (TPSA) is 61.9 Å². The minimum Gasteiger partial charge on any atom is -0.495 e. The van der Waals surface area contributed by atoms with Crippen LogP contribution in [0.1, 0.15) is 25.3 Å². The summed E-state index contributed by atoms with van der Waals surface area (Å²) in [5.41, 5.74) is 2.60. The summed E-state index contributed by atoms with van der Waals surface area (Å²) in [6.07, 6.45) is 0. The fraction of sp³-hybridized carbons (Fsp3) is 0.333. The maximum absolute atomic E-state index is 12.8. The fourth-order valence-corrected chi connectivity index (χ4v) is 3.28. The summed E-state index contributed by atoms with van der Waals surface area (Å²) in [5.74, 6) is 0.747. The number of para-hydroxylation sites is 3. The van der Waals surface area contributed by atoms with Gasteiger partial charge in [0.25, 0.3) is 0 Å². The van der Waals surface area contributed by atoms with E-state index in [-0.39, 0.29) is 18.5 Å². The number of methoxy groups -OCH3 is 1. The van der Waals surface area contributed by atoms with Gasteiger partial charge in [-0.3, -0.25) is 9.69 Å². The van der Waals surface area contributed by atoms with Crippen LogP contribution in [0.15, 0.2) is 48.5 Å². The highest BCUT2D eigenvalue weighted by atomic mass is 16.5. The second-order valence-corrected chi connectivity index (χ2v) is 6.82. The number of hydrogen-bond acceptors (Lipinski definition) is 3. The molecular formula is C21H25N3O3. The van der Waals surface area contributed by atoms with E-state index in [2.05, 4.69) is 19.2 Å². The van der Waals surface area contributed by atoms with E-state index in [0.29, 0.717) is 24.8 Å². The summed E-state index contributed by atoms with van der Waals surface area (Å²) in [6.45, 7) is 5.21. The number of ether oxygens (including phenoxy) is 1.